The summed E-state index contributed by atoms with van der Waals surface area (Å²) in [5, 5.41) is 0. The zero-order valence-electron chi connectivity index (χ0n) is 15.6. The van der Waals surface area contributed by atoms with Crippen molar-refractivity contribution in [3.63, 3.8) is 0 Å². The highest BCUT2D eigenvalue weighted by atomic mass is 32.3. The van der Waals surface area contributed by atoms with Crippen LogP contribution in [0.3, 0.4) is 0 Å². The van der Waals surface area contributed by atoms with Crippen LogP contribution in [0.25, 0.3) is 0 Å². The molecule has 0 aromatic heterocycles. The Morgan fingerprint density at radius 1 is 0.514 bits per heavy atom. The molecule has 19 heteroatoms. The molecule has 2 atom stereocenters. The quantitative estimate of drug-likeness (QED) is 0.190. The molecule has 190 valence electrons. The van der Waals surface area contributed by atoms with Crippen LogP contribution < -0.4 is 9.47 Å². The maximum atomic E-state index is 13.7. The summed E-state index contributed by atoms with van der Waals surface area (Å²) in [5.41, 5.74) is 0. The largest absolute Gasteiger partial charge is 0.418 e. The van der Waals surface area contributed by atoms with Gasteiger partial charge in [0.2, 0.25) is 81.9 Å². The summed E-state index contributed by atoms with van der Waals surface area (Å²) in [6.45, 7) is 0. The Kier molecular flexibility index (Phi) is 6.70. The summed E-state index contributed by atoms with van der Waals surface area (Å²) < 4.78 is 172. The number of hydrogen-bond donors (Lipinski definition) is 0. The first-order valence-corrected chi connectivity index (χ1v) is 9.50. The van der Waals surface area contributed by atoms with Gasteiger partial charge in [0, 0.05) is 0 Å². The van der Waals surface area contributed by atoms with Crippen molar-refractivity contribution in [2.45, 2.75) is 12.2 Å². The molecular weight excluding hydrogens is 542 g/mol. The normalized spacial score (nSPS) is 19.0. The van der Waals surface area contributed by atoms with E-state index in [2.05, 4.69) is 17.8 Å². The van der Waals surface area contributed by atoms with Crippen LogP contribution >= 0.6 is 0 Å². The maximum absolute atomic E-state index is 13.7. The SMILES string of the molecule is O=C(Oc1c(F)c(F)c(F)c(F)c1F)C1OS(=O)(=O)OC1C(=O)Oc1c(F)c(F)c(F)c(F)c1F. The number of benzene rings is 2. The second-order valence-corrected chi connectivity index (χ2v) is 7.28. The lowest BCUT2D eigenvalue weighted by Gasteiger charge is -2.15. The fourth-order valence-corrected chi connectivity index (χ4v) is 3.28. The number of hydrogen-bond acceptors (Lipinski definition) is 8. The fourth-order valence-electron chi connectivity index (χ4n) is 2.37. The highest BCUT2D eigenvalue weighted by Crippen LogP contribution is 2.33. The molecule has 0 spiro atoms. The van der Waals surface area contributed by atoms with Crippen LogP contribution in [0.15, 0.2) is 0 Å². The van der Waals surface area contributed by atoms with Gasteiger partial charge in [0.1, 0.15) is 0 Å². The molecule has 1 aliphatic heterocycles. The minimum atomic E-state index is -5.40. The lowest BCUT2D eigenvalue weighted by molar-refractivity contribution is -0.153. The van der Waals surface area contributed by atoms with Gasteiger partial charge in [-0.15, -0.1) is 0 Å². The second kappa shape index (κ2) is 8.96. The summed E-state index contributed by atoms with van der Waals surface area (Å²) in [6, 6.07) is 0. The number of halogens is 10. The second-order valence-electron chi connectivity index (χ2n) is 6.08. The molecule has 0 aliphatic carbocycles. The molecule has 8 nitrogen and oxygen atoms in total. The highest BCUT2D eigenvalue weighted by Gasteiger charge is 2.52. The molecule has 0 saturated carbocycles. The number of carbonyl (C=O) groups is 2. The van der Waals surface area contributed by atoms with E-state index in [-0.39, 0.29) is 0 Å². The first-order chi connectivity index (χ1) is 16.1. The molecule has 0 N–H and O–H groups in total. The molecule has 0 radical (unpaired) electrons. The van der Waals surface area contributed by atoms with Gasteiger partial charge in [0.25, 0.3) is 0 Å². The molecule has 2 aromatic carbocycles. The molecule has 1 aliphatic rings. The zero-order chi connectivity index (χ0) is 26.6. The lowest BCUT2D eigenvalue weighted by atomic mass is 10.2. The van der Waals surface area contributed by atoms with Crippen molar-refractivity contribution in [1.82, 2.24) is 0 Å². The van der Waals surface area contributed by atoms with E-state index >= 15 is 0 Å². The standard InChI is InChI=1S/C16H2F10O8S/c17-1-3(19)7(23)11(8(24)4(1)20)31-15(27)13-14(34-35(29,30)33-13)16(28)32-12-9(25)5(21)2(18)6(22)10(12)26/h13-14H. The Morgan fingerprint density at radius 2 is 0.743 bits per heavy atom. The van der Waals surface area contributed by atoms with Gasteiger partial charge in [0.05, 0.1) is 0 Å². The van der Waals surface area contributed by atoms with E-state index in [0.717, 1.165) is 0 Å². The number of rotatable bonds is 4. The Labute approximate surface area is 184 Å². The van der Waals surface area contributed by atoms with Gasteiger partial charge in [-0.1, -0.05) is 0 Å². The van der Waals surface area contributed by atoms with E-state index in [4.69, 9.17) is 0 Å². The average Bonchev–Trinajstić information content (AvgIpc) is 3.14. The molecule has 1 saturated heterocycles. The van der Waals surface area contributed by atoms with Crippen LogP contribution in [0, 0.1) is 58.2 Å². The molecule has 35 heavy (non-hydrogen) atoms. The van der Waals surface area contributed by atoms with E-state index in [1.807, 2.05) is 0 Å². The van der Waals surface area contributed by atoms with Crippen LogP contribution in [0.1, 0.15) is 0 Å². The van der Waals surface area contributed by atoms with Gasteiger partial charge in [-0.25, -0.2) is 44.3 Å². The maximum Gasteiger partial charge on any atom is 0.401 e. The van der Waals surface area contributed by atoms with Gasteiger partial charge < -0.3 is 9.47 Å². The number of ether oxygens (including phenoxy) is 2. The van der Waals surface area contributed by atoms with E-state index in [1.165, 1.54) is 0 Å². The predicted molar refractivity (Wildman–Crippen MR) is 82.4 cm³/mol. The monoisotopic (exact) mass is 544 g/mol. The number of esters is 2. The summed E-state index contributed by atoms with van der Waals surface area (Å²) in [5.74, 6) is -36.0. The minimum Gasteiger partial charge on any atom is -0.418 e. The van der Waals surface area contributed by atoms with E-state index in [9.17, 15) is 61.9 Å². The van der Waals surface area contributed by atoms with E-state index in [1.54, 1.807) is 0 Å². The van der Waals surface area contributed by atoms with Crippen molar-refractivity contribution in [1.29, 1.82) is 0 Å². The first-order valence-electron chi connectivity index (χ1n) is 8.16. The molecule has 1 heterocycles. The van der Waals surface area contributed by atoms with Crippen LogP contribution in [0.4, 0.5) is 43.9 Å². The summed E-state index contributed by atoms with van der Waals surface area (Å²) in [4.78, 5) is 24.2. The van der Waals surface area contributed by atoms with Gasteiger partial charge >= 0.3 is 22.3 Å². The molecule has 3 rings (SSSR count). The Hall–Kier alpha value is -3.45. The Bertz CT molecular complexity index is 1220. The van der Waals surface area contributed by atoms with E-state index < -0.39 is 104 Å². The van der Waals surface area contributed by atoms with Gasteiger partial charge in [-0.05, 0) is 0 Å². The van der Waals surface area contributed by atoms with Gasteiger partial charge in [-0.3, -0.25) is 0 Å². The van der Waals surface area contributed by atoms with Gasteiger partial charge in [-0.2, -0.15) is 26.0 Å². The third-order valence-corrected chi connectivity index (χ3v) is 4.81. The van der Waals surface area contributed by atoms with Crippen molar-refractivity contribution < 1.29 is 79.8 Å². The molecule has 2 unspecified atom stereocenters. The van der Waals surface area contributed by atoms with Gasteiger partial charge in [0.15, 0.2) is 0 Å². The predicted octanol–water partition coefficient (Wildman–Crippen LogP) is 2.62. The molecular formula is C16H2F10O8S. The lowest BCUT2D eigenvalue weighted by Crippen LogP contribution is -2.42. The average molecular weight is 544 g/mol. The van der Waals surface area contributed by atoms with E-state index in [0.29, 0.717) is 0 Å². The third kappa shape index (κ3) is 4.48. The first kappa shape index (κ1) is 26.2. The highest BCUT2D eigenvalue weighted by molar-refractivity contribution is 7.82. The fraction of sp³-hybridized carbons (Fsp3) is 0.125. The zero-order valence-corrected chi connectivity index (χ0v) is 16.4. The van der Waals surface area contributed by atoms with Crippen molar-refractivity contribution >= 4 is 22.3 Å². The summed E-state index contributed by atoms with van der Waals surface area (Å²) in [7, 11) is -5.40. The van der Waals surface area contributed by atoms with Crippen LogP contribution in [-0.2, 0) is 28.4 Å². The smallest absolute Gasteiger partial charge is 0.401 e. The third-order valence-electron chi connectivity index (χ3n) is 3.93. The minimum absolute atomic E-state index is 2.29. The molecule has 0 bridgehead atoms. The summed E-state index contributed by atoms with van der Waals surface area (Å²) in [6.07, 6.45) is -6.05. The summed E-state index contributed by atoms with van der Waals surface area (Å²) >= 11 is 0. The van der Waals surface area contributed by atoms with Crippen LogP contribution in [0.2, 0.25) is 0 Å². The topological polar surface area (TPSA) is 105 Å². The number of carbonyl (C=O) groups excluding carboxylic acids is 2. The van der Waals surface area contributed by atoms with Crippen molar-refractivity contribution in [2.24, 2.45) is 0 Å². The molecule has 0 amide bonds. The Morgan fingerprint density at radius 3 is 1.00 bits per heavy atom. The van der Waals surface area contributed by atoms with Crippen LogP contribution in [0.5, 0.6) is 11.5 Å². The van der Waals surface area contributed by atoms with Crippen molar-refractivity contribution in [3.05, 3.63) is 58.2 Å². The van der Waals surface area contributed by atoms with Crippen molar-refractivity contribution in [2.75, 3.05) is 0 Å². The van der Waals surface area contributed by atoms with Crippen molar-refractivity contribution in [3.8, 4) is 11.5 Å². The molecule has 2 aromatic rings. The molecule has 1 fully saturated rings. The Balaban J connectivity index is 1.95. The van der Waals surface area contributed by atoms with Crippen LogP contribution in [-0.4, -0.2) is 32.6 Å².